The highest BCUT2D eigenvalue weighted by molar-refractivity contribution is 5.99. The first-order valence-electron chi connectivity index (χ1n) is 12.9. The van der Waals surface area contributed by atoms with Crippen molar-refractivity contribution in [2.45, 2.75) is 44.2 Å². The number of ether oxygens (including phenoxy) is 1. The number of hydrogen-bond acceptors (Lipinski definition) is 6. The Morgan fingerprint density at radius 1 is 1.05 bits per heavy atom. The van der Waals surface area contributed by atoms with Gasteiger partial charge in [0.05, 0.1) is 12.1 Å². The number of nitrogens with zero attached hydrogens (tertiary/aromatic N) is 1. The van der Waals surface area contributed by atoms with E-state index in [1.54, 1.807) is 43.4 Å². The van der Waals surface area contributed by atoms with E-state index in [1.165, 1.54) is 17.0 Å². The molecule has 202 valence electrons. The van der Waals surface area contributed by atoms with Crippen molar-refractivity contribution >= 4 is 23.6 Å². The molecule has 2 aromatic carbocycles. The van der Waals surface area contributed by atoms with Gasteiger partial charge in [-0.05, 0) is 55.0 Å². The van der Waals surface area contributed by atoms with Gasteiger partial charge < -0.3 is 30.7 Å². The lowest BCUT2D eigenvalue weighted by molar-refractivity contribution is -0.135. The standard InChI is InChI=1S/C28H34N4O6/c1-32-14-15-38-24-5-3-2-4-21(24)26(35)31-22(27(36)29-17-19-6-7-19)12-13-25(34)30-23(28(32)37)16-18-8-10-20(33)11-9-18/h2-5,8-11,19,22-23,33H,6-7,12-17H2,1H3,(H,29,36)(H,30,34)(H,31,35)/t22-,23-/m0/s1. The first-order chi connectivity index (χ1) is 18.3. The molecular formula is C28H34N4O6. The maximum Gasteiger partial charge on any atom is 0.255 e. The SMILES string of the molecule is CN1CCOc2ccccc2C(=O)N[C@H](C(=O)NCC2CC2)CCC(=O)N[C@@H](Cc2ccc(O)cc2)C1=O. The first-order valence-corrected chi connectivity index (χ1v) is 12.9. The first kappa shape index (κ1) is 27.0. The van der Waals surface area contributed by atoms with E-state index in [0.29, 0.717) is 18.2 Å². The summed E-state index contributed by atoms with van der Waals surface area (Å²) in [6, 6.07) is 11.4. The average Bonchev–Trinajstić information content (AvgIpc) is 3.74. The van der Waals surface area contributed by atoms with E-state index in [0.717, 1.165) is 18.4 Å². The van der Waals surface area contributed by atoms with E-state index in [1.807, 2.05) is 0 Å². The van der Waals surface area contributed by atoms with Gasteiger partial charge in [0.25, 0.3) is 5.91 Å². The highest BCUT2D eigenvalue weighted by Gasteiger charge is 2.29. The maximum absolute atomic E-state index is 13.3. The summed E-state index contributed by atoms with van der Waals surface area (Å²) in [6.07, 6.45) is 2.35. The summed E-state index contributed by atoms with van der Waals surface area (Å²) >= 11 is 0. The van der Waals surface area contributed by atoms with Crippen LogP contribution in [0.2, 0.25) is 0 Å². The van der Waals surface area contributed by atoms with Crippen LogP contribution < -0.4 is 20.7 Å². The van der Waals surface area contributed by atoms with Crippen molar-refractivity contribution in [1.29, 1.82) is 0 Å². The molecule has 0 radical (unpaired) electrons. The molecule has 0 spiro atoms. The Morgan fingerprint density at radius 3 is 2.53 bits per heavy atom. The van der Waals surface area contributed by atoms with Crippen molar-refractivity contribution in [1.82, 2.24) is 20.9 Å². The van der Waals surface area contributed by atoms with E-state index in [4.69, 9.17) is 4.74 Å². The lowest BCUT2D eigenvalue weighted by Gasteiger charge is -2.25. The fourth-order valence-electron chi connectivity index (χ4n) is 4.25. The minimum absolute atomic E-state index is 0.0626. The minimum Gasteiger partial charge on any atom is -0.508 e. The number of likely N-dealkylation sites (N-methyl/N-ethyl adjacent to an activating group) is 1. The molecule has 1 fully saturated rings. The number of carbonyl (C=O) groups is 4. The zero-order valence-corrected chi connectivity index (χ0v) is 21.4. The third-order valence-corrected chi connectivity index (χ3v) is 6.75. The van der Waals surface area contributed by atoms with Crippen LogP contribution in [0.25, 0.3) is 0 Å². The van der Waals surface area contributed by atoms with E-state index >= 15 is 0 Å². The molecule has 2 aliphatic rings. The Hall–Kier alpha value is -4.08. The zero-order chi connectivity index (χ0) is 27.1. The van der Waals surface area contributed by atoms with Crippen LogP contribution in [-0.4, -0.2) is 72.5 Å². The number of carbonyl (C=O) groups excluding carboxylic acids is 4. The number of hydrogen-bond donors (Lipinski definition) is 4. The van der Waals surface area contributed by atoms with Crippen LogP contribution in [0, 0.1) is 5.92 Å². The summed E-state index contributed by atoms with van der Waals surface area (Å²) in [5.41, 5.74) is 1.04. The van der Waals surface area contributed by atoms with Gasteiger partial charge >= 0.3 is 0 Å². The minimum atomic E-state index is -0.931. The van der Waals surface area contributed by atoms with Gasteiger partial charge in [0.2, 0.25) is 17.7 Å². The predicted octanol–water partition coefficient (Wildman–Crippen LogP) is 1.38. The maximum atomic E-state index is 13.3. The van der Waals surface area contributed by atoms with Crippen LogP contribution in [0.5, 0.6) is 11.5 Å². The average molecular weight is 523 g/mol. The van der Waals surface area contributed by atoms with Crippen LogP contribution in [0.4, 0.5) is 0 Å². The molecule has 4 rings (SSSR count). The Labute approximate surface area is 221 Å². The largest absolute Gasteiger partial charge is 0.508 e. The number of para-hydroxylation sites is 1. The topological polar surface area (TPSA) is 137 Å². The van der Waals surface area contributed by atoms with Gasteiger partial charge in [-0.25, -0.2) is 0 Å². The lowest BCUT2D eigenvalue weighted by Crippen LogP contribution is -2.50. The molecule has 4 amide bonds. The normalized spacial score (nSPS) is 21.2. The second-order valence-electron chi connectivity index (χ2n) is 9.85. The Bertz CT molecular complexity index is 1160. The third-order valence-electron chi connectivity index (χ3n) is 6.75. The molecule has 0 bridgehead atoms. The summed E-state index contributed by atoms with van der Waals surface area (Å²) in [7, 11) is 1.62. The number of nitrogens with one attached hydrogen (secondary N) is 3. The number of phenolic OH excluding ortho intramolecular Hbond substituents is 1. The van der Waals surface area contributed by atoms with Gasteiger partial charge in [-0.15, -0.1) is 0 Å². The summed E-state index contributed by atoms with van der Waals surface area (Å²) in [4.78, 5) is 53.8. The number of rotatable bonds is 5. The number of phenols is 1. The Kier molecular flexibility index (Phi) is 8.83. The lowest BCUT2D eigenvalue weighted by atomic mass is 10.0. The number of aromatic hydroxyl groups is 1. The molecule has 10 nitrogen and oxygen atoms in total. The highest BCUT2D eigenvalue weighted by Crippen LogP contribution is 2.27. The fourth-order valence-corrected chi connectivity index (χ4v) is 4.25. The smallest absolute Gasteiger partial charge is 0.255 e. The molecular weight excluding hydrogens is 488 g/mol. The number of amides is 4. The molecule has 0 unspecified atom stereocenters. The van der Waals surface area contributed by atoms with Crippen LogP contribution in [0.15, 0.2) is 48.5 Å². The van der Waals surface area contributed by atoms with Crippen molar-refractivity contribution in [3.05, 3.63) is 59.7 Å². The Balaban J connectivity index is 1.55. The van der Waals surface area contributed by atoms with Crippen LogP contribution in [0.1, 0.15) is 41.6 Å². The van der Waals surface area contributed by atoms with Crippen molar-refractivity contribution in [3.8, 4) is 11.5 Å². The molecule has 38 heavy (non-hydrogen) atoms. The highest BCUT2D eigenvalue weighted by atomic mass is 16.5. The van der Waals surface area contributed by atoms with Gasteiger partial charge in [-0.2, -0.15) is 0 Å². The summed E-state index contributed by atoms with van der Waals surface area (Å²) in [6.45, 7) is 0.882. The Morgan fingerprint density at radius 2 is 1.79 bits per heavy atom. The molecule has 0 saturated heterocycles. The van der Waals surface area contributed by atoms with E-state index in [2.05, 4.69) is 16.0 Å². The zero-order valence-electron chi connectivity index (χ0n) is 21.4. The van der Waals surface area contributed by atoms with E-state index in [9.17, 15) is 24.3 Å². The molecule has 0 aromatic heterocycles. The van der Waals surface area contributed by atoms with Gasteiger partial charge in [0.1, 0.15) is 30.2 Å². The number of fused-ring (bicyclic) bond motifs is 1. The van der Waals surface area contributed by atoms with Crippen molar-refractivity contribution in [2.24, 2.45) is 5.92 Å². The van der Waals surface area contributed by atoms with Crippen LogP contribution >= 0.6 is 0 Å². The molecule has 2 atom stereocenters. The molecule has 1 saturated carbocycles. The van der Waals surface area contributed by atoms with E-state index in [-0.39, 0.29) is 55.5 Å². The van der Waals surface area contributed by atoms with Gasteiger partial charge in [0, 0.05) is 26.4 Å². The third kappa shape index (κ3) is 7.47. The predicted molar refractivity (Wildman–Crippen MR) is 140 cm³/mol. The van der Waals surface area contributed by atoms with Crippen LogP contribution in [-0.2, 0) is 20.8 Å². The second kappa shape index (κ2) is 12.4. The quantitative estimate of drug-likeness (QED) is 0.468. The molecule has 1 aliphatic carbocycles. The van der Waals surface area contributed by atoms with Gasteiger partial charge in [0.15, 0.2) is 0 Å². The molecule has 4 N–H and O–H groups in total. The van der Waals surface area contributed by atoms with Crippen LogP contribution in [0.3, 0.4) is 0 Å². The van der Waals surface area contributed by atoms with Gasteiger partial charge in [-0.3, -0.25) is 19.2 Å². The van der Waals surface area contributed by atoms with Crippen molar-refractivity contribution in [2.75, 3.05) is 26.7 Å². The summed E-state index contributed by atoms with van der Waals surface area (Å²) in [5, 5.41) is 18.0. The van der Waals surface area contributed by atoms with Crippen molar-refractivity contribution in [3.63, 3.8) is 0 Å². The van der Waals surface area contributed by atoms with E-state index < -0.39 is 23.9 Å². The summed E-state index contributed by atoms with van der Waals surface area (Å²) < 4.78 is 5.85. The molecule has 10 heteroatoms. The summed E-state index contributed by atoms with van der Waals surface area (Å²) in [5.74, 6) is -0.629. The molecule has 1 heterocycles. The second-order valence-corrected chi connectivity index (χ2v) is 9.85. The monoisotopic (exact) mass is 522 g/mol. The van der Waals surface area contributed by atoms with Crippen molar-refractivity contribution < 1.29 is 29.0 Å². The molecule has 1 aliphatic heterocycles. The van der Waals surface area contributed by atoms with Gasteiger partial charge in [-0.1, -0.05) is 24.3 Å². The molecule has 2 aromatic rings. The fraction of sp³-hybridized carbons (Fsp3) is 0.429. The number of benzene rings is 2.